The minimum Gasteiger partial charge on any atom is -0.463 e. The van der Waals surface area contributed by atoms with E-state index in [1.165, 1.54) is 12.0 Å². The van der Waals surface area contributed by atoms with Crippen molar-refractivity contribution in [1.82, 2.24) is 0 Å². The van der Waals surface area contributed by atoms with Gasteiger partial charge in [-0.05, 0) is 49.0 Å². The predicted octanol–water partition coefficient (Wildman–Crippen LogP) is 3.65. The highest BCUT2D eigenvalue weighted by Gasteiger charge is 2.47. The molecule has 3 atom stereocenters. The molecule has 0 radical (unpaired) electrons. The summed E-state index contributed by atoms with van der Waals surface area (Å²) in [5, 5.41) is 0. The van der Waals surface area contributed by atoms with Crippen LogP contribution in [0.2, 0.25) is 0 Å². The SMILES string of the molecule is C=C1[C@@H]2C=C[C@@H](C2)[C@@]1(C)CC/C=C(/C)COC=O. The molecule has 98 valence electrons. The van der Waals surface area contributed by atoms with Gasteiger partial charge in [0.15, 0.2) is 0 Å². The van der Waals surface area contributed by atoms with Crippen LogP contribution in [0.25, 0.3) is 0 Å². The number of fused-ring (bicyclic) bond motifs is 2. The molecule has 18 heavy (non-hydrogen) atoms. The summed E-state index contributed by atoms with van der Waals surface area (Å²) >= 11 is 0. The Balaban J connectivity index is 1.89. The molecule has 0 N–H and O–H groups in total. The summed E-state index contributed by atoms with van der Waals surface area (Å²) < 4.78 is 4.74. The van der Waals surface area contributed by atoms with Crippen LogP contribution in [-0.2, 0) is 9.53 Å². The van der Waals surface area contributed by atoms with Crippen molar-refractivity contribution in [3.8, 4) is 0 Å². The van der Waals surface area contributed by atoms with Gasteiger partial charge in [-0.3, -0.25) is 4.79 Å². The Bertz CT molecular complexity index is 405. The third-order valence-corrected chi connectivity index (χ3v) is 4.62. The van der Waals surface area contributed by atoms with Crippen LogP contribution in [0, 0.1) is 17.3 Å². The summed E-state index contributed by atoms with van der Waals surface area (Å²) in [6, 6.07) is 0. The normalized spacial score (nSPS) is 34.1. The lowest BCUT2D eigenvalue weighted by atomic mass is 9.71. The lowest BCUT2D eigenvalue weighted by molar-refractivity contribution is -0.127. The maximum Gasteiger partial charge on any atom is 0.293 e. The van der Waals surface area contributed by atoms with Crippen LogP contribution in [0.1, 0.15) is 33.1 Å². The first-order valence-electron chi connectivity index (χ1n) is 6.66. The van der Waals surface area contributed by atoms with E-state index in [-0.39, 0.29) is 5.41 Å². The minimum atomic E-state index is 0.266. The third kappa shape index (κ3) is 2.29. The fraction of sp³-hybridized carbons (Fsp3) is 0.562. The monoisotopic (exact) mass is 246 g/mol. The second-order valence-electron chi connectivity index (χ2n) is 5.77. The lowest BCUT2D eigenvalue weighted by Gasteiger charge is -2.33. The van der Waals surface area contributed by atoms with E-state index in [4.69, 9.17) is 4.74 Å². The molecule has 2 bridgehead atoms. The summed E-state index contributed by atoms with van der Waals surface area (Å²) in [5.41, 5.74) is 2.79. The molecule has 0 aromatic heterocycles. The highest BCUT2D eigenvalue weighted by atomic mass is 16.5. The zero-order valence-corrected chi connectivity index (χ0v) is 11.3. The highest BCUT2D eigenvalue weighted by Crippen LogP contribution is 2.57. The van der Waals surface area contributed by atoms with E-state index < -0.39 is 0 Å². The van der Waals surface area contributed by atoms with Crippen molar-refractivity contribution in [2.75, 3.05) is 6.61 Å². The molecular weight excluding hydrogens is 224 g/mol. The number of carbonyl (C=O) groups excluding carboxylic acids is 1. The molecule has 2 rings (SSSR count). The van der Waals surface area contributed by atoms with Gasteiger partial charge in [0, 0.05) is 0 Å². The quantitative estimate of drug-likeness (QED) is 0.528. The Labute approximate surface area is 109 Å². The Morgan fingerprint density at radius 1 is 1.61 bits per heavy atom. The van der Waals surface area contributed by atoms with Gasteiger partial charge in [0.25, 0.3) is 6.47 Å². The molecule has 2 aliphatic rings. The van der Waals surface area contributed by atoms with E-state index >= 15 is 0 Å². The fourth-order valence-electron chi connectivity index (χ4n) is 3.28. The predicted molar refractivity (Wildman–Crippen MR) is 73.0 cm³/mol. The number of carbonyl (C=O) groups is 1. The molecule has 0 heterocycles. The van der Waals surface area contributed by atoms with E-state index in [1.54, 1.807) is 0 Å². The number of ether oxygens (including phenoxy) is 1. The highest BCUT2D eigenvalue weighted by molar-refractivity contribution is 5.37. The molecular formula is C16H22O2. The molecule has 2 nitrogen and oxygen atoms in total. The summed E-state index contributed by atoms with van der Waals surface area (Å²) in [6.07, 6.45) is 10.3. The van der Waals surface area contributed by atoms with E-state index in [9.17, 15) is 4.79 Å². The number of hydrogen-bond donors (Lipinski definition) is 0. The van der Waals surface area contributed by atoms with Crippen molar-refractivity contribution in [3.05, 3.63) is 36.0 Å². The molecule has 1 fully saturated rings. The van der Waals surface area contributed by atoms with Crippen molar-refractivity contribution >= 4 is 6.47 Å². The molecule has 0 aromatic carbocycles. The van der Waals surface area contributed by atoms with Crippen molar-refractivity contribution in [2.45, 2.75) is 33.1 Å². The van der Waals surface area contributed by atoms with Crippen LogP contribution in [0.5, 0.6) is 0 Å². The van der Waals surface area contributed by atoms with Gasteiger partial charge in [0.2, 0.25) is 0 Å². The van der Waals surface area contributed by atoms with Gasteiger partial charge < -0.3 is 4.74 Å². The van der Waals surface area contributed by atoms with E-state index in [0.29, 0.717) is 24.9 Å². The van der Waals surface area contributed by atoms with Gasteiger partial charge in [0.05, 0.1) is 0 Å². The van der Waals surface area contributed by atoms with Crippen LogP contribution in [0.4, 0.5) is 0 Å². The lowest BCUT2D eigenvalue weighted by Crippen LogP contribution is -2.23. The Morgan fingerprint density at radius 2 is 2.39 bits per heavy atom. The molecule has 0 spiro atoms. The third-order valence-electron chi connectivity index (χ3n) is 4.62. The van der Waals surface area contributed by atoms with Gasteiger partial charge in [-0.2, -0.15) is 0 Å². The standard InChI is InChI=1S/C16H22O2/c1-12(10-18-11-17)5-4-8-16(3)13(2)14-6-7-15(16)9-14/h5-7,11,14-15H,2,4,8-10H2,1,3H3/b12-5-/t14-,15+,16+/m1/s1. The first kappa shape index (κ1) is 13.1. The van der Waals surface area contributed by atoms with Crippen molar-refractivity contribution in [2.24, 2.45) is 17.3 Å². The Hall–Kier alpha value is -1.31. The smallest absolute Gasteiger partial charge is 0.293 e. The summed E-state index contributed by atoms with van der Waals surface area (Å²) in [4.78, 5) is 10.1. The molecule has 2 aliphatic carbocycles. The zero-order valence-electron chi connectivity index (χ0n) is 11.3. The van der Waals surface area contributed by atoms with Crippen LogP contribution in [0.3, 0.4) is 0 Å². The summed E-state index contributed by atoms with van der Waals surface area (Å²) in [6.45, 7) is 9.55. The first-order chi connectivity index (χ1) is 8.58. The van der Waals surface area contributed by atoms with Gasteiger partial charge in [-0.25, -0.2) is 0 Å². The average Bonchev–Trinajstić information content (AvgIpc) is 2.91. The molecule has 0 aromatic rings. The van der Waals surface area contributed by atoms with Gasteiger partial charge in [-0.1, -0.05) is 37.3 Å². The maximum atomic E-state index is 10.1. The average molecular weight is 246 g/mol. The Morgan fingerprint density at radius 3 is 3.00 bits per heavy atom. The van der Waals surface area contributed by atoms with Gasteiger partial charge >= 0.3 is 0 Å². The van der Waals surface area contributed by atoms with Crippen molar-refractivity contribution in [1.29, 1.82) is 0 Å². The van der Waals surface area contributed by atoms with Crippen molar-refractivity contribution < 1.29 is 9.53 Å². The van der Waals surface area contributed by atoms with Crippen molar-refractivity contribution in [3.63, 3.8) is 0 Å². The number of allylic oxidation sites excluding steroid dienone is 4. The molecule has 0 saturated heterocycles. The van der Waals surface area contributed by atoms with Gasteiger partial charge in [0.1, 0.15) is 6.61 Å². The van der Waals surface area contributed by atoms with E-state index in [2.05, 4.69) is 31.7 Å². The maximum absolute atomic E-state index is 10.1. The number of hydrogen-bond acceptors (Lipinski definition) is 2. The van der Waals surface area contributed by atoms with Crippen LogP contribution in [0.15, 0.2) is 36.0 Å². The number of rotatable bonds is 6. The minimum absolute atomic E-state index is 0.266. The molecule has 0 amide bonds. The first-order valence-corrected chi connectivity index (χ1v) is 6.66. The summed E-state index contributed by atoms with van der Waals surface area (Å²) in [7, 11) is 0. The molecule has 0 unspecified atom stereocenters. The largest absolute Gasteiger partial charge is 0.463 e. The zero-order chi connectivity index (χ0) is 13.2. The molecule has 1 saturated carbocycles. The molecule has 2 heteroatoms. The topological polar surface area (TPSA) is 26.3 Å². The van der Waals surface area contributed by atoms with E-state index in [1.807, 2.05) is 6.92 Å². The summed E-state index contributed by atoms with van der Waals surface area (Å²) in [5.74, 6) is 1.29. The molecule has 0 aliphatic heterocycles. The van der Waals surface area contributed by atoms with Crippen LogP contribution in [-0.4, -0.2) is 13.1 Å². The Kier molecular flexibility index (Phi) is 3.74. The van der Waals surface area contributed by atoms with E-state index in [0.717, 1.165) is 18.4 Å². The van der Waals surface area contributed by atoms with Crippen LogP contribution < -0.4 is 0 Å². The van der Waals surface area contributed by atoms with Gasteiger partial charge in [-0.15, -0.1) is 0 Å². The fourth-order valence-corrected chi connectivity index (χ4v) is 3.28. The second kappa shape index (κ2) is 5.13. The van der Waals surface area contributed by atoms with Crippen LogP contribution >= 0.6 is 0 Å². The second-order valence-corrected chi connectivity index (χ2v) is 5.77.